The van der Waals surface area contributed by atoms with Crippen molar-refractivity contribution in [3.05, 3.63) is 0 Å². The van der Waals surface area contributed by atoms with E-state index in [2.05, 4.69) is 13.8 Å². The monoisotopic (exact) mass is 887 g/mol. The van der Waals surface area contributed by atoms with Crippen molar-refractivity contribution in [2.75, 3.05) is 6.61 Å². The van der Waals surface area contributed by atoms with Crippen molar-refractivity contribution in [2.24, 2.45) is 0 Å². The van der Waals surface area contributed by atoms with E-state index in [4.69, 9.17) is 4.74 Å². The van der Waals surface area contributed by atoms with Crippen LogP contribution >= 0.6 is 0 Å². The number of hydrogen-bond donors (Lipinski definition) is 0. The van der Waals surface area contributed by atoms with E-state index in [9.17, 15) is 4.79 Å². The number of hydrogen-bond acceptors (Lipinski definition) is 2. The zero-order valence-corrected chi connectivity index (χ0v) is 44.3. The summed E-state index contributed by atoms with van der Waals surface area (Å²) in [5.41, 5.74) is 0. The summed E-state index contributed by atoms with van der Waals surface area (Å²) < 4.78 is 5.51. The minimum Gasteiger partial charge on any atom is -0.466 e. The highest BCUT2D eigenvalue weighted by molar-refractivity contribution is 5.69. The van der Waals surface area contributed by atoms with Crippen LogP contribution < -0.4 is 0 Å². The highest BCUT2D eigenvalue weighted by Crippen LogP contribution is 2.19. The lowest BCUT2D eigenvalue weighted by Gasteiger charge is -2.06. The number of unbranched alkanes of at least 4 members (excludes halogenated alkanes) is 54. The number of esters is 1. The highest BCUT2D eigenvalue weighted by atomic mass is 16.5. The highest BCUT2D eigenvalue weighted by Gasteiger charge is 2.03. The molecule has 63 heavy (non-hydrogen) atoms. The molecule has 0 aromatic heterocycles. The van der Waals surface area contributed by atoms with Gasteiger partial charge in [-0.1, -0.05) is 361 Å². The van der Waals surface area contributed by atoms with Gasteiger partial charge in [-0.05, 0) is 12.8 Å². The molecule has 0 rings (SSSR count). The molecule has 0 aliphatic carbocycles. The van der Waals surface area contributed by atoms with Crippen LogP contribution in [0.2, 0.25) is 0 Å². The summed E-state index contributed by atoms with van der Waals surface area (Å²) in [7, 11) is 0. The summed E-state index contributed by atoms with van der Waals surface area (Å²) in [5.74, 6) is 0.0361. The zero-order valence-electron chi connectivity index (χ0n) is 44.3. The average molecular weight is 888 g/mol. The lowest BCUT2D eigenvalue weighted by Crippen LogP contribution is -2.05. The second-order valence-electron chi connectivity index (χ2n) is 21.1. The summed E-state index contributed by atoms with van der Waals surface area (Å²) in [6, 6.07) is 0. The number of carbonyl (C=O) groups excluding carboxylic acids is 1. The van der Waals surface area contributed by atoms with Gasteiger partial charge in [-0.25, -0.2) is 0 Å². The van der Waals surface area contributed by atoms with E-state index in [0.717, 1.165) is 12.8 Å². The summed E-state index contributed by atoms with van der Waals surface area (Å²) in [5, 5.41) is 0. The molecule has 0 fully saturated rings. The quantitative estimate of drug-likeness (QED) is 0.0449. The Kier molecular flexibility index (Phi) is 59.0. The van der Waals surface area contributed by atoms with Crippen LogP contribution in [0.25, 0.3) is 0 Å². The molecule has 0 saturated carbocycles. The third-order valence-electron chi connectivity index (χ3n) is 14.5. The fourth-order valence-corrected chi connectivity index (χ4v) is 9.97. The maximum absolute atomic E-state index is 12.1. The Bertz CT molecular complexity index is 792. The van der Waals surface area contributed by atoms with Crippen LogP contribution in [0, 0.1) is 0 Å². The van der Waals surface area contributed by atoms with Crippen LogP contribution in [0.5, 0.6) is 0 Å². The summed E-state index contributed by atoms with van der Waals surface area (Å²) in [6.45, 7) is 5.25. The van der Waals surface area contributed by atoms with E-state index in [1.807, 2.05) is 0 Å². The van der Waals surface area contributed by atoms with Gasteiger partial charge in [0.2, 0.25) is 0 Å². The minimum absolute atomic E-state index is 0.0361. The predicted octanol–water partition coefficient (Wildman–Crippen LogP) is 22.8. The van der Waals surface area contributed by atoms with Gasteiger partial charge >= 0.3 is 5.97 Å². The molecule has 0 aromatic carbocycles. The third kappa shape index (κ3) is 59.5. The molecular formula is C61H122O2. The Labute approximate surface area is 400 Å². The van der Waals surface area contributed by atoms with E-state index >= 15 is 0 Å². The lowest BCUT2D eigenvalue weighted by molar-refractivity contribution is -0.143. The first kappa shape index (κ1) is 62.5. The van der Waals surface area contributed by atoms with Crippen molar-refractivity contribution in [3.63, 3.8) is 0 Å². The van der Waals surface area contributed by atoms with E-state index in [-0.39, 0.29) is 5.97 Å². The average Bonchev–Trinajstić information content (AvgIpc) is 3.29. The molecule has 0 N–H and O–H groups in total. The van der Waals surface area contributed by atoms with Crippen LogP contribution in [0.4, 0.5) is 0 Å². The van der Waals surface area contributed by atoms with Crippen molar-refractivity contribution < 1.29 is 9.53 Å². The molecule has 0 amide bonds. The fourth-order valence-electron chi connectivity index (χ4n) is 9.97. The Balaban J connectivity index is 3.13. The SMILES string of the molecule is CCCCCCCCCCCCCCCCCCCCCCCCCCCCCCCCCCCCCCC(=O)OCCCCCCCCCCCCCCCCCCCCCC. The van der Waals surface area contributed by atoms with Crippen LogP contribution in [-0.2, 0) is 9.53 Å². The van der Waals surface area contributed by atoms with Gasteiger partial charge in [-0.2, -0.15) is 0 Å². The van der Waals surface area contributed by atoms with Gasteiger partial charge in [0.15, 0.2) is 0 Å². The van der Waals surface area contributed by atoms with Gasteiger partial charge in [-0.3, -0.25) is 4.79 Å². The van der Waals surface area contributed by atoms with E-state index in [1.165, 1.54) is 347 Å². The number of rotatable bonds is 58. The Morgan fingerprint density at radius 3 is 0.524 bits per heavy atom. The first-order chi connectivity index (χ1) is 31.3. The molecule has 0 radical (unpaired) electrons. The van der Waals surface area contributed by atoms with Crippen LogP contribution in [0.1, 0.15) is 380 Å². The fraction of sp³-hybridized carbons (Fsp3) is 0.984. The molecule has 0 bridgehead atoms. The molecule has 0 saturated heterocycles. The van der Waals surface area contributed by atoms with E-state index < -0.39 is 0 Å². The normalized spacial score (nSPS) is 11.6. The maximum Gasteiger partial charge on any atom is 0.305 e. The minimum atomic E-state index is 0.0361. The zero-order chi connectivity index (χ0) is 45.3. The first-order valence-corrected chi connectivity index (χ1v) is 30.5. The molecule has 0 aliphatic heterocycles. The Morgan fingerprint density at radius 2 is 0.349 bits per heavy atom. The molecule has 0 atom stereocenters. The van der Waals surface area contributed by atoms with Gasteiger partial charge in [0.25, 0.3) is 0 Å². The molecule has 0 spiro atoms. The van der Waals surface area contributed by atoms with Gasteiger partial charge in [0, 0.05) is 6.42 Å². The van der Waals surface area contributed by atoms with Crippen LogP contribution in [-0.4, -0.2) is 12.6 Å². The molecule has 2 heteroatoms. The van der Waals surface area contributed by atoms with Crippen molar-refractivity contribution in [2.45, 2.75) is 380 Å². The standard InChI is InChI=1S/C61H122O2/c1-3-5-7-9-11-13-15-17-19-21-23-25-26-27-28-29-30-31-32-33-34-35-36-37-38-39-40-41-43-45-47-49-51-53-55-57-59-61(62)63-60-58-56-54-52-50-48-46-44-42-24-22-20-18-16-14-12-10-8-6-4-2/h3-60H2,1-2H3. The number of ether oxygens (including phenoxy) is 1. The van der Waals surface area contributed by atoms with E-state index in [0.29, 0.717) is 13.0 Å². The molecule has 2 nitrogen and oxygen atoms in total. The third-order valence-corrected chi connectivity index (χ3v) is 14.5. The smallest absolute Gasteiger partial charge is 0.305 e. The second-order valence-corrected chi connectivity index (χ2v) is 21.1. The summed E-state index contributed by atoms with van der Waals surface area (Å²) >= 11 is 0. The largest absolute Gasteiger partial charge is 0.466 e. The van der Waals surface area contributed by atoms with Gasteiger partial charge in [-0.15, -0.1) is 0 Å². The molecule has 0 heterocycles. The van der Waals surface area contributed by atoms with Gasteiger partial charge in [0.05, 0.1) is 6.61 Å². The van der Waals surface area contributed by atoms with Crippen LogP contribution in [0.15, 0.2) is 0 Å². The Morgan fingerprint density at radius 1 is 0.206 bits per heavy atom. The molecule has 378 valence electrons. The van der Waals surface area contributed by atoms with Gasteiger partial charge in [0.1, 0.15) is 0 Å². The lowest BCUT2D eigenvalue weighted by atomic mass is 10.0. The summed E-state index contributed by atoms with van der Waals surface area (Å²) in [4.78, 5) is 12.1. The van der Waals surface area contributed by atoms with Crippen molar-refractivity contribution in [1.29, 1.82) is 0 Å². The van der Waals surface area contributed by atoms with Gasteiger partial charge < -0.3 is 4.74 Å². The Hall–Kier alpha value is -0.530. The molecule has 0 aromatic rings. The molecule has 0 unspecified atom stereocenters. The predicted molar refractivity (Wildman–Crippen MR) is 285 cm³/mol. The van der Waals surface area contributed by atoms with Crippen molar-refractivity contribution in [3.8, 4) is 0 Å². The molecular weight excluding hydrogens is 765 g/mol. The first-order valence-electron chi connectivity index (χ1n) is 30.5. The maximum atomic E-state index is 12.1. The number of carbonyl (C=O) groups is 1. The second kappa shape index (κ2) is 59.5. The van der Waals surface area contributed by atoms with Crippen LogP contribution in [0.3, 0.4) is 0 Å². The molecule has 0 aliphatic rings. The van der Waals surface area contributed by atoms with Crippen molar-refractivity contribution in [1.82, 2.24) is 0 Å². The topological polar surface area (TPSA) is 26.3 Å². The van der Waals surface area contributed by atoms with E-state index in [1.54, 1.807) is 0 Å². The summed E-state index contributed by atoms with van der Waals surface area (Å²) in [6.07, 6.45) is 80.3. The van der Waals surface area contributed by atoms with Crippen molar-refractivity contribution >= 4 is 5.97 Å².